The van der Waals surface area contributed by atoms with Crippen molar-refractivity contribution in [2.24, 2.45) is 0 Å². The van der Waals surface area contributed by atoms with Crippen LogP contribution in [0, 0.1) is 0 Å². The number of fused-ring (bicyclic) bond motifs is 1. The number of rotatable bonds is 6. The van der Waals surface area contributed by atoms with E-state index in [2.05, 4.69) is 0 Å². The predicted octanol–water partition coefficient (Wildman–Crippen LogP) is 3.02. The van der Waals surface area contributed by atoms with Gasteiger partial charge in [0.2, 0.25) is 15.9 Å². The van der Waals surface area contributed by atoms with Crippen molar-refractivity contribution in [2.75, 3.05) is 26.2 Å². The van der Waals surface area contributed by atoms with Gasteiger partial charge in [-0.15, -0.1) is 0 Å². The molecule has 1 amide bonds. The number of aryl methyl sites for hydroxylation is 1. The predicted molar refractivity (Wildman–Crippen MR) is 127 cm³/mol. The summed E-state index contributed by atoms with van der Waals surface area (Å²) in [6.07, 6.45) is 4.11. The molecule has 1 aliphatic heterocycles. The van der Waals surface area contributed by atoms with Gasteiger partial charge in [-0.25, -0.2) is 8.42 Å². The first-order valence-electron chi connectivity index (χ1n) is 10.6. The van der Waals surface area contributed by atoms with Crippen molar-refractivity contribution in [3.8, 4) is 0 Å². The first kappa shape index (κ1) is 22.4. The van der Waals surface area contributed by atoms with Crippen LogP contribution in [0.25, 0.3) is 16.3 Å². The number of piperazine rings is 1. The second kappa shape index (κ2) is 9.40. The van der Waals surface area contributed by atoms with Crippen LogP contribution >= 0.6 is 11.3 Å². The molecule has 0 unspecified atom stereocenters. The lowest BCUT2D eigenvalue weighted by Gasteiger charge is -2.33. The van der Waals surface area contributed by atoms with E-state index in [1.165, 1.54) is 10.4 Å². The Kier molecular flexibility index (Phi) is 6.59. The molecule has 0 atom stereocenters. The van der Waals surface area contributed by atoms with E-state index in [0.717, 1.165) is 28.8 Å². The second-order valence-electron chi connectivity index (χ2n) is 7.62. The van der Waals surface area contributed by atoms with Gasteiger partial charge in [-0.05, 0) is 36.3 Å². The normalized spacial score (nSPS) is 15.6. The minimum Gasteiger partial charge on any atom is -0.337 e. The smallest absolute Gasteiger partial charge is 0.308 e. The highest BCUT2D eigenvalue weighted by atomic mass is 32.2. The van der Waals surface area contributed by atoms with E-state index in [4.69, 9.17) is 0 Å². The van der Waals surface area contributed by atoms with Crippen LogP contribution in [0.5, 0.6) is 0 Å². The van der Waals surface area contributed by atoms with Gasteiger partial charge in [-0.2, -0.15) is 4.31 Å². The summed E-state index contributed by atoms with van der Waals surface area (Å²) in [7, 11) is -3.70. The molecule has 1 aromatic heterocycles. The molecular formula is C23H25N3O4S2. The molecule has 0 radical (unpaired) electrons. The largest absolute Gasteiger partial charge is 0.337 e. The lowest BCUT2D eigenvalue weighted by molar-refractivity contribution is -0.127. The topological polar surface area (TPSA) is 79.7 Å². The van der Waals surface area contributed by atoms with Crippen LogP contribution < -0.4 is 4.87 Å². The van der Waals surface area contributed by atoms with E-state index in [1.807, 2.05) is 37.3 Å². The standard InChI is InChI=1S/C23H25N3O4S2/c1-2-12-26-20-10-9-19(17-21(20)31-23(26)28)32(29,30)25-15-13-24(14-16-25)22(27)11-8-18-6-4-3-5-7-18/h3-11,17H,2,12-16H2,1H3/b11-8+. The number of thiazole rings is 1. The maximum atomic E-state index is 13.2. The first-order chi connectivity index (χ1) is 15.4. The summed E-state index contributed by atoms with van der Waals surface area (Å²) >= 11 is 1.07. The van der Waals surface area contributed by atoms with E-state index >= 15 is 0 Å². The molecule has 7 nitrogen and oxygen atoms in total. The fourth-order valence-corrected chi connectivity index (χ4v) is 6.26. The monoisotopic (exact) mass is 471 g/mol. The summed E-state index contributed by atoms with van der Waals surface area (Å²) in [5, 5.41) is 0. The van der Waals surface area contributed by atoms with Crippen LogP contribution in [0.15, 0.2) is 64.3 Å². The third-order valence-corrected chi connectivity index (χ3v) is 8.33. The van der Waals surface area contributed by atoms with Crippen molar-refractivity contribution >= 4 is 43.6 Å². The molecule has 0 saturated carbocycles. The number of sulfonamides is 1. The van der Waals surface area contributed by atoms with Gasteiger partial charge in [-0.3, -0.25) is 14.2 Å². The molecule has 0 N–H and O–H groups in total. The highest BCUT2D eigenvalue weighted by molar-refractivity contribution is 7.89. The molecule has 2 aromatic carbocycles. The zero-order chi connectivity index (χ0) is 22.7. The second-order valence-corrected chi connectivity index (χ2v) is 10.6. The fourth-order valence-electron chi connectivity index (χ4n) is 3.78. The van der Waals surface area contributed by atoms with Crippen molar-refractivity contribution in [3.63, 3.8) is 0 Å². The lowest BCUT2D eigenvalue weighted by Crippen LogP contribution is -2.50. The number of carbonyl (C=O) groups is 1. The van der Waals surface area contributed by atoms with Crippen molar-refractivity contribution in [1.29, 1.82) is 0 Å². The molecule has 1 saturated heterocycles. The van der Waals surface area contributed by atoms with Crippen molar-refractivity contribution in [3.05, 3.63) is 69.8 Å². The molecule has 3 aromatic rings. The summed E-state index contributed by atoms with van der Waals surface area (Å²) in [5.74, 6) is -0.130. The highest BCUT2D eigenvalue weighted by Gasteiger charge is 2.30. The van der Waals surface area contributed by atoms with Gasteiger partial charge in [0.15, 0.2) is 0 Å². The van der Waals surface area contributed by atoms with Crippen LogP contribution in [-0.4, -0.2) is 54.3 Å². The Morgan fingerprint density at radius 3 is 2.47 bits per heavy atom. The third-order valence-electron chi connectivity index (χ3n) is 5.49. The summed E-state index contributed by atoms with van der Waals surface area (Å²) in [4.78, 5) is 26.4. The van der Waals surface area contributed by atoms with Crippen molar-refractivity contribution in [1.82, 2.24) is 13.8 Å². The average molecular weight is 472 g/mol. The van der Waals surface area contributed by atoms with Crippen molar-refractivity contribution < 1.29 is 13.2 Å². The van der Waals surface area contributed by atoms with Gasteiger partial charge in [0, 0.05) is 38.8 Å². The minimum absolute atomic E-state index is 0.0768. The Labute approximate surface area is 191 Å². The quantitative estimate of drug-likeness (QED) is 0.518. The zero-order valence-corrected chi connectivity index (χ0v) is 19.4. The van der Waals surface area contributed by atoms with Gasteiger partial charge in [-0.1, -0.05) is 48.6 Å². The molecule has 2 heterocycles. The molecule has 0 bridgehead atoms. The molecule has 1 fully saturated rings. The van der Waals surface area contributed by atoms with E-state index in [1.54, 1.807) is 33.7 Å². The molecule has 0 aliphatic carbocycles. The Morgan fingerprint density at radius 2 is 1.78 bits per heavy atom. The molecule has 0 spiro atoms. The number of benzene rings is 2. The maximum Gasteiger partial charge on any atom is 0.308 e. The highest BCUT2D eigenvalue weighted by Crippen LogP contribution is 2.25. The minimum atomic E-state index is -3.70. The number of aromatic nitrogens is 1. The summed E-state index contributed by atoms with van der Waals surface area (Å²) in [5.41, 5.74) is 1.70. The van der Waals surface area contributed by atoms with Gasteiger partial charge in [0.25, 0.3) is 0 Å². The third kappa shape index (κ3) is 4.55. The van der Waals surface area contributed by atoms with E-state index < -0.39 is 10.0 Å². The first-order valence-corrected chi connectivity index (χ1v) is 12.8. The van der Waals surface area contributed by atoms with Crippen LogP contribution in [0.1, 0.15) is 18.9 Å². The van der Waals surface area contributed by atoms with Crippen molar-refractivity contribution in [2.45, 2.75) is 24.8 Å². The van der Waals surface area contributed by atoms with Crippen LogP contribution in [0.2, 0.25) is 0 Å². The zero-order valence-electron chi connectivity index (χ0n) is 17.8. The maximum absolute atomic E-state index is 13.2. The molecule has 32 heavy (non-hydrogen) atoms. The van der Waals surface area contributed by atoms with Crippen LogP contribution in [0.4, 0.5) is 0 Å². The Balaban J connectivity index is 1.45. The lowest BCUT2D eigenvalue weighted by atomic mass is 10.2. The summed E-state index contributed by atoms with van der Waals surface area (Å²) in [6.45, 7) is 3.74. The number of carbonyl (C=O) groups excluding carboxylic acids is 1. The van der Waals surface area contributed by atoms with Crippen LogP contribution in [0.3, 0.4) is 0 Å². The van der Waals surface area contributed by atoms with Gasteiger partial charge in [0.05, 0.1) is 15.1 Å². The van der Waals surface area contributed by atoms with Crippen LogP contribution in [-0.2, 0) is 21.4 Å². The van der Waals surface area contributed by atoms with E-state index in [-0.39, 0.29) is 28.8 Å². The number of hydrogen-bond acceptors (Lipinski definition) is 5. The number of amides is 1. The Hall–Kier alpha value is -2.75. The van der Waals surface area contributed by atoms with E-state index in [0.29, 0.717) is 24.3 Å². The SMILES string of the molecule is CCCn1c(=O)sc2cc(S(=O)(=O)N3CCN(C(=O)/C=C/c4ccccc4)CC3)ccc21. The molecule has 9 heteroatoms. The Morgan fingerprint density at radius 1 is 1.06 bits per heavy atom. The Bertz CT molecular complexity index is 1300. The molecule has 4 rings (SSSR count). The van der Waals surface area contributed by atoms with Gasteiger partial charge >= 0.3 is 4.87 Å². The van der Waals surface area contributed by atoms with E-state index in [9.17, 15) is 18.0 Å². The average Bonchev–Trinajstić information content (AvgIpc) is 3.13. The molecule has 1 aliphatic rings. The van der Waals surface area contributed by atoms with Gasteiger partial charge < -0.3 is 4.90 Å². The fraction of sp³-hybridized carbons (Fsp3) is 0.304. The van der Waals surface area contributed by atoms with Gasteiger partial charge in [0.1, 0.15) is 0 Å². The molecule has 168 valence electrons. The number of nitrogens with zero attached hydrogens (tertiary/aromatic N) is 3. The summed E-state index contributed by atoms with van der Waals surface area (Å²) in [6, 6.07) is 14.4. The summed E-state index contributed by atoms with van der Waals surface area (Å²) < 4.78 is 30.1. The molecular weight excluding hydrogens is 446 g/mol. The number of hydrogen-bond donors (Lipinski definition) is 0.